The van der Waals surface area contributed by atoms with E-state index in [1.807, 2.05) is 6.92 Å². The van der Waals surface area contributed by atoms with Crippen LogP contribution in [0.2, 0.25) is 0 Å². The molecule has 0 aromatic rings. The third kappa shape index (κ3) is 2.47. The Morgan fingerprint density at radius 2 is 2.50 bits per heavy atom. The molecule has 3 heteroatoms. The minimum atomic E-state index is -0.0420. The van der Waals surface area contributed by atoms with Crippen LogP contribution < -0.4 is 0 Å². The van der Waals surface area contributed by atoms with Crippen molar-refractivity contribution in [1.29, 1.82) is 0 Å². The molecule has 1 rings (SSSR count). The normalized spacial score (nSPS) is 28.7. The zero-order valence-corrected chi connectivity index (χ0v) is 9.34. The summed E-state index contributed by atoms with van der Waals surface area (Å²) >= 11 is 2.24. The summed E-state index contributed by atoms with van der Waals surface area (Å²) in [7, 11) is 0. The topological polar surface area (TPSA) is 26.3 Å². The summed E-state index contributed by atoms with van der Waals surface area (Å²) in [5, 5.41) is 0. The number of carbonyl (C=O) groups excluding carboxylic acids is 1. The maximum Gasteiger partial charge on any atom is 0.309 e. The van der Waals surface area contributed by atoms with Crippen LogP contribution in [0.5, 0.6) is 0 Å². The van der Waals surface area contributed by atoms with Gasteiger partial charge in [0.05, 0.1) is 5.92 Å². The molecule has 0 saturated carbocycles. The molecule has 0 aromatic heterocycles. The number of rotatable bonds is 3. The molecule has 0 aromatic carbocycles. The summed E-state index contributed by atoms with van der Waals surface area (Å²) in [6, 6.07) is 0. The van der Waals surface area contributed by atoms with E-state index >= 15 is 0 Å². The highest BCUT2D eigenvalue weighted by molar-refractivity contribution is 14.1. The smallest absolute Gasteiger partial charge is 0.309 e. The summed E-state index contributed by atoms with van der Waals surface area (Å²) in [5.41, 5.74) is 1.06. The fourth-order valence-electron chi connectivity index (χ4n) is 1.40. The van der Waals surface area contributed by atoms with Crippen molar-refractivity contribution in [2.24, 2.45) is 5.92 Å². The van der Waals surface area contributed by atoms with E-state index in [9.17, 15) is 4.79 Å². The first kappa shape index (κ1) is 10.0. The van der Waals surface area contributed by atoms with E-state index in [4.69, 9.17) is 4.74 Å². The summed E-state index contributed by atoms with van der Waals surface area (Å²) in [5.74, 6) is 0.0296. The molecule has 1 aliphatic heterocycles. The van der Waals surface area contributed by atoms with E-state index < -0.39 is 0 Å². The number of carbonyl (C=O) groups is 1. The molecule has 1 heterocycles. The Hall–Kier alpha value is -0.0600. The van der Waals surface area contributed by atoms with E-state index in [1.54, 1.807) is 0 Å². The molecular weight excluding hydrogens is 267 g/mol. The predicted octanol–water partition coefficient (Wildman–Crippen LogP) is 2.32. The van der Waals surface area contributed by atoms with Crippen LogP contribution >= 0.6 is 22.6 Å². The molecule has 1 aliphatic rings. The number of halogens is 1. The molecule has 2 nitrogen and oxygen atoms in total. The molecule has 68 valence electrons. The summed E-state index contributed by atoms with van der Waals surface area (Å²) in [6.07, 6.45) is 1.79. The fraction of sp³-hybridized carbons (Fsp3) is 0.667. The molecular formula is C9H13IO2. The van der Waals surface area contributed by atoms with E-state index in [1.165, 1.54) is 0 Å². The number of allylic oxidation sites excluding steroid dienone is 1. The van der Waals surface area contributed by atoms with E-state index in [0.29, 0.717) is 0 Å². The van der Waals surface area contributed by atoms with Crippen molar-refractivity contribution in [2.75, 3.05) is 4.43 Å². The number of hydrogen-bond acceptors (Lipinski definition) is 2. The van der Waals surface area contributed by atoms with Gasteiger partial charge in [0.2, 0.25) is 0 Å². The largest absolute Gasteiger partial charge is 0.461 e. The molecule has 0 spiro atoms. The molecule has 12 heavy (non-hydrogen) atoms. The zero-order chi connectivity index (χ0) is 9.14. The molecule has 0 N–H and O–H groups in total. The van der Waals surface area contributed by atoms with Crippen LogP contribution in [0, 0.1) is 5.92 Å². The van der Waals surface area contributed by atoms with E-state index in [-0.39, 0.29) is 18.0 Å². The number of esters is 1. The van der Waals surface area contributed by atoms with Gasteiger partial charge in [-0.15, -0.1) is 6.58 Å². The standard InChI is InChI=1S/C9H13IO2/c1-6(2)3-7-4-8(5-10)12-9(7)11/h7-8H,1,3-5H2,2H3/t7-,8+/m0/s1. The van der Waals surface area contributed by atoms with Crippen LogP contribution in [0.4, 0.5) is 0 Å². The Morgan fingerprint density at radius 1 is 1.83 bits per heavy atom. The first-order valence-corrected chi connectivity index (χ1v) is 5.57. The minimum absolute atomic E-state index is 0.0420. The molecule has 1 fully saturated rings. The van der Waals surface area contributed by atoms with Crippen molar-refractivity contribution in [1.82, 2.24) is 0 Å². The second kappa shape index (κ2) is 4.25. The van der Waals surface area contributed by atoms with Gasteiger partial charge in [-0.05, 0) is 19.8 Å². The van der Waals surface area contributed by atoms with Gasteiger partial charge in [0.25, 0.3) is 0 Å². The average Bonchev–Trinajstić information content (AvgIpc) is 2.31. The van der Waals surface area contributed by atoms with Gasteiger partial charge in [0, 0.05) is 4.43 Å². The van der Waals surface area contributed by atoms with Crippen molar-refractivity contribution < 1.29 is 9.53 Å². The maximum absolute atomic E-state index is 11.2. The van der Waals surface area contributed by atoms with E-state index in [2.05, 4.69) is 29.2 Å². The minimum Gasteiger partial charge on any atom is -0.461 e. The van der Waals surface area contributed by atoms with Crippen LogP contribution in [-0.4, -0.2) is 16.5 Å². The Bertz CT molecular complexity index is 201. The lowest BCUT2D eigenvalue weighted by molar-refractivity contribution is -0.143. The maximum atomic E-state index is 11.2. The third-order valence-electron chi connectivity index (χ3n) is 1.93. The average molecular weight is 280 g/mol. The Morgan fingerprint density at radius 3 is 2.92 bits per heavy atom. The predicted molar refractivity (Wildman–Crippen MR) is 56.3 cm³/mol. The quantitative estimate of drug-likeness (QED) is 0.343. The second-order valence-corrected chi connectivity index (χ2v) is 4.19. The zero-order valence-electron chi connectivity index (χ0n) is 7.18. The van der Waals surface area contributed by atoms with Crippen LogP contribution in [0.25, 0.3) is 0 Å². The van der Waals surface area contributed by atoms with Gasteiger partial charge in [-0.3, -0.25) is 4.79 Å². The monoisotopic (exact) mass is 280 g/mol. The van der Waals surface area contributed by atoms with Crippen LogP contribution in [0.3, 0.4) is 0 Å². The lowest BCUT2D eigenvalue weighted by atomic mass is 9.98. The molecule has 2 atom stereocenters. The highest BCUT2D eigenvalue weighted by Gasteiger charge is 2.33. The summed E-state index contributed by atoms with van der Waals surface area (Å²) in [6.45, 7) is 5.74. The van der Waals surface area contributed by atoms with Crippen molar-refractivity contribution in [3.63, 3.8) is 0 Å². The van der Waals surface area contributed by atoms with Gasteiger partial charge in [-0.1, -0.05) is 28.2 Å². The van der Waals surface area contributed by atoms with Crippen molar-refractivity contribution in [3.05, 3.63) is 12.2 Å². The lowest BCUT2D eigenvalue weighted by Crippen LogP contribution is -2.07. The Balaban J connectivity index is 2.46. The van der Waals surface area contributed by atoms with Crippen molar-refractivity contribution in [2.45, 2.75) is 25.9 Å². The Kier molecular flexibility index (Phi) is 3.55. The number of cyclic esters (lactones) is 1. The molecule has 0 unspecified atom stereocenters. The molecule has 0 radical (unpaired) electrons. The van der Waals surface area contributed by atoms with E-state index in [0.717, 1.165) is 22.8 Å². The van der Waals surface area contributed by atoms with Crippen molar-refractivity contribution >= 4 is 28.6 Å². The van der Waals surface area contributed by atoms with Gasteiger partial charge < -0.3 is 4.74 Å². The van der Waals surface area contributed by atoms with Crippen molar-refractivity contribution in [3.8, 4) is 0 Å². The SMILES string of the molecule is C=C(C)C[C@H]1C[C@H](CI)OC1=O. The molecule has 0 aliphatic carbocycles. The number of ether oxygens (including phenoxy) is 1. The third-order valence-corrected chi connectivity index (χ3v) is 2.91. The molecule has 1 saturated heterocycles. The van der Waals surface area contributed by atoms with Crippen LogP contribution in [-0.2, 0) is 9.53 Å². The van der Waals surface area contributed by atoms with Gasteiger partial charge in [-0.25, -0.2) is 0 Å². The Labute approximate surface area is 86.5 Å². The first-order chi connectivity index (χ1) is 5.63. The van der Waals surface area contributed by atoms with Gasteiger partial charge in [-0.2, -0.15) is 0 Å². The molecule has 0 amide bonds. The fourth-order valence-corrected chi connectivity index (χ4v) is 1.94. The highest BCUT2D eigenvalue weighted by atomic mass is 127. The number of alkyl halides is 1. The van der Waals surface area contributed by atoms with Gasteiger partial charge >= 0.3 is 5.97 Å². The lowest BCUT2D eigenvalue weighted by Gasteiger charge is -2.02. The van der Waals surface area contributed by atoms with Gasteiger partial charge in [0.15, 0.2) is 0 Å². The van der Waals surface area contributed by atoms with Gasteiger partial charge in [0.1, 0.15) is 6.10 Å². The first-order valence-electron chi connectivity index (χ1n) is 4.04. The molecule has 0 bridgehead atoms. The summed E-state index contributed by atoms with van der Waals surface area (Å²) in [4.78, 5) is 11.2. The van der Waals surface area contributed by atoms with Crippen LogP contribution in [0.1, 0.15) is 19.8 Å². The second-order valence-electron chi connectivity index (χ2n) is 3.31. The highest BCUT2D eigenvalue weighted by Crippen LogP contribution is 2.27. The summed E-state index contributed by atoms with van der Waals surface area (Å²) < 4.78 is 6.04. The number of hydrogen-bond donors (Lipinski definition) is 0. The van der Waals surface area contributed by atoms with Crippen LogP contribution in [0.15, 0.2) is 12.2 Å².